The van der Waals surface area contributed by atoms with Gasteiger partial charge in [-0.2, -0.15) is 0 Å². The molecule has 0 radical (unpaired) electrons. The van der Waals surface area contributed by atoms with Crippen LogP contribution in [0.25, 0.3) is 0 Å². The number of ether oxygens (including phenoxy) is 3. The Morgan fingerprint density at radius 2 is 0.675 bits per heavy atom. The molecule has 6 heteroatoms. The summed E-state index contributed by atoms with van der Waals surface area (Å²) in [5.74, 6) is 2.69. The van der Waals surface area contributed by atoms with E-state index in [1.165, 1.54) is 0 Å². The van der Waals surface area contributed by atoms with Crippen molar-refractivity contribution in [2.24, 2.45) is 0 Å². The summed E-state index contributed by atoms with van der Waals surface area (Å²) in [5.41, 5.74) is 27.8. The zero-order valence-corrected chi connectivity index (χ0v) is 25.9. The number of anilines is 3. The lowest BCUT2D eigenvalue weighted by Crippen LogP contribution is -2.15. The van der Waals surface area contributed by atoms with Gasteiger partial charge in [-0.15, -0.1) is 0 Å². The fraction of sp³-hybridized carbons (Fsp3) is 0.471. The van der Waals surface area contributed by atoms with Crippen molar-refractivity contribution < 1.29 is 14.2 Å². The first-order chi connectivity index (χ1) is 18.9. The van der Waals surface area contributed by atoms with Crippen LogP contribution in [0.1, 0.15) is 119 Å². The topological polar surface area (TPSA) is 106 Å². The Kier molecular flexibility index (Phi) is 10.2. The van der Waals surface area contributed by atoms with Crippen LogP contribution >= 0.6 is 0 Å². The van der Waals surface area contributed by atoms with E-state index in [2.05, 4.69) is 41.5 Å². The van der Waals surface area contributed by atoms with Gasteiger partial charge in [0.05, 0.1) is 19.8 Å². The van der Waals surface area contributed by atoms with E-state index in [9.17, 15) is 0 Å². The molecule has 0 aliphatic carbocycles. The van der Waals surface area contributed by atoms with E-state index in [0.29, 0.717) is 36.9 Å². The number of hydrogen-bond donors (Lipinski definition) is 3. The van der Waals surface area contributed by atoms with Gasteiger partial charge in [-0.3, -0.25) is 0 Å². The fourth-order valence-corrected chi connectivity index (χ4v) is 5.46. The number of rotatable bonds is 12. The van der Waals surface area contributed by atoms with E-state index in [1.54, 1.807) is 0 Å². The lowest BCUT2D eigenvalue weighted by atomic mass is 9.78. The van der Waals surface area contributed by atoms with E-state index in [0.717, 1.165) is 50.6 Å². The van der Waals surface area contributed by atoms with Crippen LogP contribution in [0, 0.1) is 0 Å². The van der Waals surface area contributed by atoms with Gasteiger partial charge in [0.1, 0.15) is 17.2 Å². The average Bonchev–Trinajstić information content (AvgIpc) is 2.87. The molecule has 3 aromatic rings. The quantitative estimate of drug-likeness (QED) is 0.156. The number of hydrogen-bond acceptors (Lipinski definition) is 6. The maximum Gasteiger partial charge on any atom is 0.127 e. The van der Waals surface area contributed by atoms with Gasteiger partial charge in [0, 0.05) is 39.7 Å². The van der Waals surface area contributed by atoms with Crippen molar-refractivity contribution in [2.75, 3.05) is 37.0 Å². The van der Waals surface area contributed by atoms with Gasteiger partial charge in [0.2, 0.25) is 0 Å². The van der Waals surface area contributed by atoms with Crippen LogP contribution in [-0.2, 0) is 0 Å². The van der Waals surface area contributed by atoms with Gasteiger partial charge < -0.3 is 31.4 Å². The summed E-state index contributed by atoms with van der Waals surface area (Å²) < 4.78 is 19.3. The Balaban J connectivity index is 2.62. The van der Waals surface area contributed by atoms with Crippen molar-refractivity contribution in [3.8, 4) is 17.2 Å². The second-order valence-electron chi connectivity index (χ2n) is 11.3. The highest BCUT2D eigenvalue weighted by Crippen LogP contribution is 2.51. The number of nitrogens with two attached hydrogens (primary N) is 3. The van der Waals surface area contributed by atoms with E-state index in [-0.39, 0.29) is 23.7 Å². The van der Waals surface area contributed by atoms with Crippen molar-refractivity contribution in [1.29, 1.82) is 0 Å². The molecule has 40 heavy (non-hydrogen) atoms. The highest BCUT2D eigenvalue weighted by atomic mass is 16.5. The lowest BCUT2D eigenvalue weighted by Gasteiger charge is -2.30. The average molecular weight is 548 g/mol. The molecule has 0 atom stereocenters. The molecule has 0 saturated heterocycles. The molecule has 0 amide bonds. The van der Waals surface area contributed by atoms with E-state index < -0.39 is 0 Å². The molecule has 0 saturated carbocycles. The second-order valence-corrected chi connectivity index (χ2v) is 11.3. The molecule has 0 aromatic heterocycles. The molecule has 6 N–H and O–H groups in total. The Hall–Kier alpha value is -3.54. The minimum absolute atomic E-state index is 0.196. The van der Waals surface area contributed by atoms with Crippen LogP contribution in [0.3, 0.4) is 0 Å². The van der Waals surface area contributed by atoms with Crippen LogP contribution in [0.4, 0.5) is 17.1 Å². The molecule has 3 aromatic carbocycles. The molecule has 0 fully saturated rings. The molecule has 0 aliphatic heterocycles. The first-order valence-electron chi connectivity index (χ1n) is 14.6. The normalized spacial score (nSPS) is 11.6. The minimum Gasteiger partial charge on any atom is -0.493 e. The Morgan fingerprint density at radius 3 is 0.875 bits per heavy atom. The number of nitrogen functional groups attached to an aromatic ring is 3. The van der Waals surface area contributed by atoms with Crippen LogP contribution < -0.4 is 31.4 Å². The Bertz CT molecular complexity index is 1150. The number of benzene rings is 3. The first-order valence-corrected chi connectivity index (χ1v) is 14.6. The summed E-state index contributed by atoms with van der Waals surface area (Å²) in [4.78, 5) is 0. The summed E-state index contributed by atoms with van der Waals surface area (Å²) in [5, 5.41) is 0. The summed E-state index contributed by atoms with van der Waals surface area (Å²) in [7, 11) is 0. The van der Waals surface area contributed by atoms with Crippen molar-refractivity contribution >= 4 is 17.1 Å². The highest BCUT2D eigenvalue weighted by Gasteiger charge is 2.32. The molecule has 0 bridgehead atoms. The van der Waals surface area contributed by atoms with Crippen molar-refractivity contribution in [3.05, 3.63) is 69.8 Å². The standard InChI is InChI=1S/C34H49N3O3/c1-10-38-32-25(19(4)5)13-22(35)16-28(32)31(29-17-23(36)14-26(20(6)7)33(29)39-11-2)30-18-24(37)15-27(21(8)9)34(30)40-12-3/h13-21,31H,10-12,35-37H2,1-9H3. The zero-order valence-electron chi connectivity index (χ0n) is 25.9. The van der Waals surface area contributed by atoms with E-state index in [1.807, 2.05) is 57.2 Å². The summed E-state index contributed by atoms with van der Waals surface area (Å²) in [6.07, 6.45) is 0. The first kappa shape index (κ1) is 31.0. The summed E-state index contributed by atoms with van der Waals surface area (Å²) >= 11 is 0. The van der Waals surface area contributed by atoms with Crippen molar-refractivity contribution in [1.82, 2.24) is 0 Å². The minimum atomic E-state index is -0.368. The van der Waals surface area contributed by atoms with Crippen LogP contribution in [-0.4, -0.2) is 19.8 Å². The zero-order chi connectivity index (χ0) is 29.7. The van der Waals surface area contributed by atoms with Crippen molar-refractivity contribution in [2.45, 2.75) is 86.0 Å². The van der Waals surface area contributed by atoms with Crippen molar-refractivity contribution in [3.63, 3.8) is 0 Å². The van der Waals surface area contributed by atoms with Gasteiger partial charge in [0.15, 0.2) is 0 Å². The third-order valence-corrected chi connectivity index (χ3v) is 7.17. The van der Waals surface area contributed by atoms with E-state index >= 15 is 0 Å². The monoisotopic (exact) mass is 547 g/mol. The summed E-state index contributed by atoms with van der Waals surface area (Å²) in [6.45, 7) is 20.5. The third kappa shape index (κ3) is 6.43. The van der Waals surface area contributed by atoms with Gasteiger partial charge in [0.25, 0.3) is 0 Å². The molecule has 0 heterocycles. The molecule has 218 valence electrons. The predicted molar refractivity (Wildman–Crippen MR) is 169 cm³/mol. The molecule has 0 aliphatic rings. The molecule has 3 rings (SSSR count). The lowest BCUT2D eigenvalue weighted by molar-refractivity contribution is 0.321. The van der Waals surface area contributed by atoms with Crippen LogP contribution in [0.2, 0.25) is 0 Å². The van der Waals surface area contributed by atoms with Gasteiger partial charge >= 0.3 is 0 Å². The molecule has 0 unspecified atom stereocenters. The van der Waals surface area contributed by atoms with Gasteiger partial charge in [-0.25, -0.2) is 0 Å². The summed E-state index contributed by atoms with van der Waals surface area (Å²) in [6, 6.07) is 12.1. The molecular formula is C34H49N3O3. The smallest absolute Gasteiger partial charge is 0.127 e. The SMILES string of the molecule is CCOc1c(C(C)C)cc(N)cc1C(c1cc(N)cc(C(C)C)c1OCC)c1cc(N)cc(C(C)C)c1OCC. The van der Waals surface area contributed by atoms with Crippen LogP contribution in [0.15, 0.2) is 36.4 Å². The molecule has 6 nitrogen and oxygen atoms in total. The highest BCUT2D eigenvalue weighted by molar-refractivity contribution is 5.68. The van der Waals surface area contributed by atoms with Gasteiger partial charge in [-0.05, 0) is 91.6 Å². The largest absolute Gasteiger partial charge is 0.493 e. The Morgan fingerprint density at radius 1 is 0.450 bits per heavy atom. The molecule has 0 spiro atoms. The van der Waals surface area contributed by atoms with Crippen LogP contribution in [0.5, 0.6) is 17.2 Å². The molecular weight excluding hydrogens is 498 g/mol. The van der Waals surface area contributed by atoms with Gasteiger partial charge in [-0.1, -0.05) is 41.5 Å². The Labute approximate surface area is 241 Å². The third-order valence-electron chi connectivity index (χ3n) is 7.17. The maximum absolute atomic E-state index is 6.60. The van der Waals surface area contributed by atoms with E-state index in [4.69, 9.17) is 31.4 Å². The maximum atomic E-state index is 6.60. The second kappa shape index (κ2) is 13.2. The predicted octanol–water partition coefficient (Wildman–Crippen LogP) is 8.18. The fourth-order valence-electron chi connectivity index (χ4n) is 5.46.